The average Bonchev–Trinajstić information content (AvgIpc) is 3.31. The standard InChI is InChI=1S/C16H15N3O5S2/c1-19(2)26(21,22)13-5-3-11(4-6-13)16(20)23-9-14-17-15(18-24-14)12-7-8-25-10-12/h3-8,10H,9H2,1-2H3. The zero-order valence-electron chi connectivity index (χ0n) is 13.9. The maximum atomic E-state index is 12.1. The minimum absolute atomic E-state index is 0.0938. The van der Waals surface area contributed by atoms with Crippen LogP contribution in [0, 0.1) is 0 Å². The maximum absolute atomic E-state index is 12.1. The summed E-state index contributed by atoms with van der Waals surface area (Å²) in [5, 5.41) is 7.60. The first-order valence-corrected chi connectivity index (χ1v) is 9.81. The van der Waals surface area contributed by atoms with Gasteiger partial charge in [-0.2, -0.15) is 16.3 Å². The van der Waals surface area contributed by atoms with Crippen molar-refractivity contribution in [1.82, 2.24) is 14.4 Å². The quantitative estimate of drug-likeness (QED) is 0.593. The average molecular weight is 393 g/mol. The van der Waals surface area contributed by atoms with Crippen molar-refractivity contribution in [2.45, 2.75) is 11.5 Å². The molecule has 0 saturated carbocycles. The van der Waals surface area contributed by atoms with Crippen LogP contribution in [0.3, 0.4) is 0 Å². The molecule has 0 atom stereocenters. The van der Waals surface area contributed by atoms with Crippen molar-refractivity contribution in [3.8, 4) is 11.4 Å². The molecular formula is C16H15N3O5S2. The van der Waals surface area contributed by atoms with E-state index in [0.29, 0.717) is 5.82 Å². The smallest absolute Gasteiger partial charge is 0.338 e. The predicted octanol–water partition coefficient (Wildman–Crippen LogP) is 2.41. The monoisotopic (exact) mass is 393 g/mol. The Labute approximate surface area is 154 Å². The van der Waals surface area contributed by atoms with Gasteiger partial charge in [0.25, 0.3) is 5.89 Å². The summed E-state index contributed by atoms with van der Waals surface area (Å²) in [6.45, 7) is -0.173. The third kappa shape index (κ3) is 3.82. The van der Waals surface area contributed by atoms with Gasteiger partial charge in [-0.15, -0.1) is 0 Å². The first-order valence-electron chi connectivity index (χ1n) is 7.43. The van der Waals surface area contributed by atoms with Gasteiger partial charge in [0.05, 0.1) is 10.5 Å². The predicted molar refractivity (Wildman–Crippen MR) is 94.0 cm³/mol. The van der Waals surface area contributed by atoms with Crippen molar-refractivity contribution in [2.24, 2.45) is 0 Å². The van der Waals surface area contributed by atoms with E-state index in [1.807, 2.05) is 16.8 Å². The minimum Gasteiger partial charge on any atom is -0.452 e. The molecule has 8 nitrogen and oxygen atoms in total. The van der Waals surface area contributed by atoms with Crippen LogP contribution in [0.4, 0.5) is 0 Å². The number of sulfonamides is 1. The van der Waals surface area contributed by atoms with Crippen LogP contribution < -0.4 is 0 Å². The lowest BCUT2D eigenvalue weighted by molar-refractivity contribution is 0.0429. The lowest BCUT2D eigenvalue weighted by Gasteiger charge is -2.11. The van der Waals surface area contributed by atoms with Gasteiger partial charge in [0.2, 0.25) is 15.8 Å². The Morgan fingerprint density at radius 3 is 2.58 bits per heavy atom. The molecule has 0 fully saturated rings. The summed E-state index contributed by atoms with van der Waals surface area (Å²) in [5.74, 6) is -0.0176. The van der Waals surface area contributed by atoms with Crippen molar-refractivity contribution in [1.29, 1.82) is 0 Å². The van der Waals surface area contributed by atoms with Crippen LogP contribution in [0.15, 0.2) is 50.5 Å². The molecule has 0 N–H and O–H groups in total. The summed E-state index contributed by atoms with van der Waals surface area (Å²) in [6.07, 6.45) is 0. The zero-order chi connectivity index (χ0) is 18.7. The van der Waals surface area contributed by atoms with Crippen molar-refractivity contribution < 1.29 is 22.5 Å². The van der Waals surface area contributed by atoms with Crippen LogP contribution in [0.25, 0.3) is 11.4 Å². The molecule has 0 aliphatic heterocycles. The Morgan fingerprint density at radius 1 is 1.23 bits per heavy atom. The van der Waals surface area contributed by atoms with E-state index >= 15 is 0 Å². The SMILES string of the molecule is CN(C)S(=O)(=O)c1ccc(C(=O)OCc2nc(-c3ccsc3)no2)cc1. The maximum Gasteiger partial charge on any atom is 0.338 e. The van der Waals surface area contributed by atoms with Crippen LogP contribution >= 0.6 is 11.3 Å². The minimum atomic E-state index is -3.54. The number of thiophene rings is 1. The lowest BCUT2D eigenvalue weighted by atomic mass is 10.2. The van der Waals surface area contributed by atoms with E-state index in [1.54, 1.807) is 0 Å². The van der Waals surface area contributed by atoms with Crippen molar-refractivity contribution in [2.75, 3.05) is 14.1 Å². The number of hydrogen-bond donors (Lipinski definition) is 0. The van der Waals surface area contributed by atoms with Gasteiger partial charge >= 0.3 is 5.97 Å². The van der Waals surface area contributed by atoms with Gasteiger partial charge in [0.1, 0.15) is 0 Å². The second-order valence-electron chi connectivity index (χ2n) is 5.41. The summed E-state index contributed by atoms with van der Waals surface area (Å²) < 4.78 is 35.3. The molecule has 3 rings (SSSR count). The number of carbonyl (C=O) groups excluding carboxylic acids is 1. The number of esters is 1. The van der Waals surface area contributed by atoms with Gasteiger partial charge in [-0.05, 0) is 35.7 Å². The Hall–Kier alpha value is -2.56. The van der Waals surface area contributed by atoms with Crippen LogP contribution in [0.5, 0.6) is 0 Å². The molecule has 0 amide bonds. The molecule has 136 valence electrons. The first-order chi connectivity index (χ1) is 12.4. The van der Waals surface area contributed by atoms with Gasteiger partial charge < -0.3 is 9.26 Å². The highest BCUT2D eigenvalue weighted by Crippen LogP contribution is 2.19. The normalized spacial score (nSPS) is 11.7. The topological polar surface area (TPSA) is 103 Å². The molecule has 0 saturated heterocycles. The van der Waals surface area contributed by atoms with Crippen molar-refractivity contribution in [3.63, 3.8) is 0 Å². The second kappa shape index (κ2) is 7.36. The molecule has 0 radical (unpaired) electrons. The highest BCUT2D eigenvalue weighted by Gasteiger charge is 2.18. The van der Waals surface area contributed by atoms with Gasteiger partial charge in [-0.1, -0.05) is 5.16 Å². The molecular weight excluding hydrogens is 378 g/mol. The highest BCUT2D eigenvalue weighted by atomic mass is 32.2. The van der Waals surface area contributed by atoms with E-state index in [1.165, 1.54) is 49.7 Å². The summed E-state index contributed by atoms with van der Waals surface area (Å²) in [5.41, 5.74) is 1.05. The molecule has 1 aromatic carbocycles. The van der Waals surface area contributed by atoms with E-state index in [0.717, 1.165) is 9.87 Å². The Morgan fingerprint density at radius 2 is 1.96 bits per heavy atom. The number of rotatable bonds is 6. The third-order valence-electron chi connectivity index (χ3n) is 3.44. The molecule has 0 spiro atoms. The highest BCUT2D eigenvalue weighted by molar-refractivity contribution is 7.89. The van der Waals surface area contributed by atoms with E-state index in [4.69, 9.17) is 9.26 Å². The number of aromatic nitrogens is 2. The molecule has 3 aromatic rings. The number of carbonyl (C=O) groups is 1. The molecule has 2 heterocycles. The second-order valence-corrected chi connectivity index (χ2v) is 8.34. The molecule has 10 heteroatoms. The number of ether oxygens (including phenoxy) is 1. The number of benzene rings is 1. The van der Waals surface area contributed by atoms with Gasteiger partial charge in [-0.3, -0.25) is 0 Å². The summed E-state index contributed by atoms with van der Waals surface area (Å²) in [7, 11) is -0.671. The van der Waals surface area contributed by atoms with Crippen LogP contribution in [-0.4, -0.2) is 42.9 Å². The molecule has 2 aromatic heterocycles. The number of hydrogen-bond acceptors (Lipinski definition) is 8. The van der Waals surface area contributed by atoms with Gasteiger partial charge in [0.15, 0.2) is 6.61 Å². The van der Waals surface area contributed by atoms with E-state index < -0.39 is 16.0 Å². The summed E-state index contributed by atoms with van der Waals surface area (Å²) in [4.78, 5) is 16.3. The molecule has 0 unspecified atom stereocenters. The molecule has 0 aliphatic carbocycles. The summed E-state index contributed by atoms with van der Waals surface area (Å²) >= 11 is 1.51. The first kappa shape index (κ1) is 18.2. The van der Waals surface area contributed by atoms with Gasteiger partial charge in [0, 0.05) is 25.0 Å². The zero-order valence-corrected chi connectivity index (χ0v) is 15.6. The Kier molecular flexibility index (Phi) is 5.16. The fraction of sp³-hybridized carbons (Fsp3) is 0.188. The fourth-order valence-electron chi connectivity index (χ4n) is 2.01. The molecule has 0 aliphatic rings. The van der Waals surface area contributed by atoms with Crippen LogP contribution in [0.2, 0.25) is 0 Å². The number of nitrogens with zero attached hydrogens (tertiary/aromatic N) is 3. The van der Waals surface area contributed by atoms with Gasteiger partial charge in [-0.25, -0.2) is 17.5 Å². The Bertz CT molecular complexity index is 993. The largest absolute Gasteiger partial charge is 0.452 e. The molecule has 26 heavy (non-hydrogen) atoms. The summed E-state index contributed by atoms with van der Waals surface area (Å²) in [6, 6.07) is 7.35. The fourth-order valence-corrected chi connectivity index (χ4v) is 3.54. The van der Waals surface area contributed by atoms with Crippen molar-refractivity contribution in [3.05, 3.63) is 52.5 Å². The van der Waals surface area contributed by atoms with E-state index in [-0.39, 0.29) is 23.0 Å². The lowest BCUT2D eigenvalue weighted by Crippen LogP contribution is -2.22. The molecule has 0 bridgehead atoms. The van der Waals surface area contributed by atoms with Crippen LogP contribution in [-0.2, 0) is 21.4 Å². The van der Waals surface area contributed by atoms with E-state index in [2.05, 4.69) is 10.1 Å². The van der Waals surface area contributed by atoms with Crippen LogP contribution in [0.1, 0.15) is 16.2 Å². The van der Waals surface area contributed by atoms with Crippen molar-refractivity contribution >= 4 is 27.3 Å². The Balaban J connectivity index is 1.64. The van der Waals surface area contributed by atoms with E-state index in [9.17, 15) is 13.2 Å². The third-order valence-corrected chi connectivity index (χ3v) is 5.96.